The molecular weight excluding hydrogens is 701 g/mol. The van der Waals surface area contributed by atoms with Gasteiger partial charge in [0.05, 0.1) is 11.0 Å². The third kappa shape index (κ3) is 5.01. The minimum Gasteiger partial charge on any atom is -0.456 e. The van der Waals surface area contributed by atoms with Crippen LogP contribution in [0, 0.1) is 0 Å². The van der Waals surface area contributed by atoms with E-state index in [1.54, 1.807) is 0 Å². The molecule has 0 saturated carbocycles. The minimum absolute atomic E-state index is 0.583. The molecule has 0 N–H and O–H groups in total. The van der Waals surface area contributed by atoms with Crippen LogP contribution in [0.3, 0.4) is 0 Å². The average Bonchev–Trinajstić information content (AvgIpc) is 3.94. The van der Waals surface area contributed by atoms with Crippen LogP contribution in [0.5, 0.6) is 0 Å². The maximum Gasteiger partial charge on any atom is 0.164 e. The molecule has 0 aliphatic heterocycles. The Kier molecular flexibility index (Phi) is 6.83. The molecule has 0 radical (unpaired) electrons. The van der Waals surface area contributed by atoms with E-state index < -0.39 is 0 Å². The Labute approximate surface area is 325 Å². The summed E-state index contributed by atoms with van der Waals surface area (Å²) in [4.78, 5) is 14.7. The zero-order valence-corrected chi connectivity index (χ0v) is 30.4. The summed E-state index contributed by atoms with van der Waals surface area (Å²) in [6.07, 6.45) is 0. The van der Waals surface area contributed by atoms with Gasteiger partial charge >= 0.3 is 0 Å². The summed E-state index contributed by atoms with van der Waals surface area (Å²) in [5.41, 5.74) is 11.7. The summed E-state index contributed by atoms with van der Waals surface area (Å²) in [7, 11) is 0. The van der Waals surface area contributed by atoms with Gasteiger partial charge < -0.3 is 13.4 Å². The molecule has 0 aliphatic carbocycles. The van der Waals surface area contributed by atoms with Gasteiger partial charge in [0.1, 0.15) is 22.3 Å². The molecule has 8 aromatic carbocycles. The number of nitrogens with zero attached hydrogens (tertiary/aromatic N) is 4. The first kappa shape index (κ1) is 31.5. The van der Waals surface area contributed by atoms with Crippen molar-refractivity contribution in [2.45, 2.75) is 0 Å². The van der Waals surface area contributed by atoms with Crippen molar-refractivity contribution in [3.8, 4) is 51.0 Å². The van der Waals surface area contributed by atoms with E-state index in [1.165, 1.54) is 21.9 Å². The SMILES string of the molecule is c1ccc(-c2nc(-c3ccccc3)nc(-c3ccc4c(c3)oc3cc5c(cc34)oc3cc(-n4c6ccccc6c6c(-c7ccccc7)cccc64)ccc35)n2)cc1. The average molecular weight is 731 g/mol. The normalized spacial score (nSPS) is 11.9. The van der Waals surface area contributed by atoms with Crippen molar-refractivity contribution in [3.05, 3.63) is 182 Å². The quantitative estimate of drug-likeness (QED) is 0.176. The summed E-state index contributed by atoms with van der Waals surface area (Å²) in [6, 6.07) is 62.7. The lowest BCUT2D eigenvalue weighted by Gasteiger charge is -2.09. The summed E-state index contributed by atoms with van der Waals surface area (Å²) >= 11 is 0. The predicted octanol–water partition coefficient (Wildman–Crippen LogP) is 13.4. The fraction of sp³-hybridized carbons (Fsp3) is 0. The first-order valence-electron chi connectivity index (χ1n) is 19.0. The standard InChI is InChI=1S/C51H30N4O2/c1-4-13-31(14-5-1)36-20-12-22-43-48(36)39-19-10-11-21-42(39)55(43)35-24-26-38-41-30-46-40(29-47(41)57-45(38)28-35)37-25-23-34(27-44(37)56-46)51-53-49(32-15-6-2-7-16-32)52-50(54-51)33-17-8-3-9-18-33/h1-30H. The molecule has 0 fully saturated rings. The largest absolute Gasteiger partial charge is 0.456 e. The Hall–Kier alpha value is -7.83. The number of para-hydroxylation sites is 1. The molecule has 57 heavy (non-hydrogen) atoms. The topological polar surface area (TPSA) is 69.9 Å². The number of aromatic nitrogens is 4. The maximum absolute atomic E-state index is 6.66. The monoisotopic (exact) mass is 730 g/mol. The van der Waals surface area contributed by atoms with E-state index in [4.69, 9.17) is 23.8 Å². The highest BCUT2D eigenvalue weighted by Crippen LogP contribution is 2.41. The highest BCUT2D eigenvalue weighted by Gasteiger charge is 2.19. The van der Waals surface area contributed by atoms with Gasteiger partial charge in [-0.15, -0.1) is 0 Å². The molecule has 6 heteroatoms. The molecule has 12 aromatic rings. The third-order valence-corrected chi connectivity index (χ3v) is 11.0. The molecule has 0 aliphatic rings. The number of hydrogen-bond donors (Lipinski definition) is 0. The van der Waals surface area contributed by atoms with Crippen LogP contribution in [0.2, 0.25) is 0 Å². The summed E-state index contributed by atoms with van der Waals surface area (Å²) in [6.45, 7) is 0. The van der Waals surface area contributed by atoms with E-state index in [9.17, 15) is 0 Å². The van der Waals surface area contributed by atoms with Crippen LogP contribution in [0.4, 0.5) is 0 Å². The second-order valence-electron chi connectivity index (χ2n) is 14.4. The Morgan fingerprint density at radius 2 is 0.842 bits per heavy atom. The molecule has 0 bridgehead atoms. The lowest BCUT2D eigenvalue weighted by Crippen LogP contribution is -2.00. The third-order valence-electron chi connectivity index (χ3n) is 11.0. The van der Waals surface area contributed by atoms with Crippen LogP contribution in [0.1, 0.15) is 0 Å². The maximum atomic E-state index is 6.66. The molecule has 12 rings (SSSR count). The van der Waals surface area contributed by atoms with Crippen LogP contribution < -0.4 is 0 Å². The smallest absolute Gasteiger partial charge is 0.164 e. The zero-order valence-electron chi connectivity index (χ0n) is 30.4. The molecule has 0 spiro atoms. The molecule has 6 nitrogen and oxygen atoms in total. The molecule has 4 aromatic heterocycles. The van der Waals surface area contributed by atoms with Crippen molar-refractivity contribution >= 4 is 65.7 Å². The molecule has 0 amide bonds. The predicted molar refractivity (Wildman–Crippen MR) is 230 cm³/mol. The van der Waals surface area contributed by atoms with E-state index in [1.807, 2.05) is 66.7 Å². The van der Waals surface area contributed by atoms with Crippen molar-refractivity contribution in [3.63, 3.8) is 0 Å². The van der Waals surface area contributed by atoms with Gasteiger partial charge in [0.15, 0.2) is 17.5 Å². The minimum atomic E-state index is 0.583. The van der Waals surface area contributed by atoms with E-state index in [0.29, 0.717) is 17.5 Å². The van der Waals surface area contributed by atoms with Crippen LogP contribution in [-0.2, 0) is 0 Å². The first-order chi connectivity index (χ1) is 28.2. The summed E-state index contributed by atoms with van der Waals surface area (Å²) in [5, 5.41) is 6.49. The van der Waals surface area contributed by atoms with Gasteiger partial charge in [-0.05, 0) is 59.7 Å². The fourth-order valence-corrected chi connectivity index (χ4v) is 8.41. The van der Waals surface area contributed by atoms with Gasteiger partial charge in [-0.25, -0.2) is 15.0 Å². The van der Waals surface area contributed by atoms with Gasteiger partial charge in [0, 0.05) is 60.8 Å². The lowest BCUT2D eigenvalue weighted by atomic mass is 9.99. The molecule has 0 unspecified atom stereocenters. The van der Waals surface area contributed by atoms with E-state index in [2.05, 4.69) is 120 Å². The van der Waals surface area contributed by atoms with E-state index >= 15 is 0 Å². The highest BCUT2D eigenvalue weighted by atomic mass is 16.3. The van der Waals surface area contributed by atoms with Crippen molar-refractivity contribution in [2.75, 3.05) is 0 Å². The number of benzene rings is 8. The Bertz CT molecular complexity index is 3450. The van der Waals surface area contributed by atoms with Gasteiger partial charge in [-0.2, -0.15) is 0 Å². The number of furan rings is 2. The summed E-state index contributed by atoms with van der Waals surface area (Å²) < 4.78 is 15.6. The second-order valence-corrected chi connectivity index (χ2v) is 14.4. The Morgan fingerprint density at radius 1 is 0.333 bits per heavy atom. The van der Waals surface area contributed by atoms with Crippen LogP contribution >= 0.6 is 0 Å². The number of fused-ring (bicyclic) bond motifs is 9. The van der Waals surface area contributed by atoms with Gasteiger partial charge in [-0.1, -0.05) is 127 Å². The lowest BCUT2D eigenvalue weighted by molar-refractivity contribution is 0.664. The fourth-order valence-electron chi connectivity index (χ4n) is 8.41. The molecule has 0 saturated heterocycles. The molecular formula is C51H30N4O2. The van der Waals surface area contributed by atoms with Crippen LogP contribution in [0.15, 0.2) is 191 Å². The molecule has 4 heterocycles. The van der Waals surface area contributed by atoms with Crippen LogP contribution in [-0.4, -0.2) is 19.5 Å². The van der Waals surface area contributed by atoms with Gasteiger partial charge in [0.25, 0.3) is 0 Å². The zero-order chi connectivity index (χ0) is 37.5. The van der Waals surface area contributed by atoms with E-state index in [0.717, 1.165) is 77.3 Å². The van der Waals surface area contributed by atoms with Gasteiger partial charge in [0.2, 0.25) is 0 Å². The molecule has 0 atom stereocenters. The second kappa shape index (κ2) is 12.3. The number of rotatable bonds is 5. The first-order valence-corrected chi connectivity index (χ1v) is 19.0. The Morgan fingerprint density at radius 3 is 1.49 bits per heavy atom. The van der Waals surface area contributed by atoms with E-state index in [-0.39, 0.29) is 0 Å². The van der Waals surface area contributed by atoms with Crippen molar-refractivity contribution in [1.82, 2.24) is 19.5 Å². The van der Waals surface area contributed by atoms with Gasteiger partial charge in [-0.3, -0.25) is 0 Å². The highest BCUT2D eigenvalue weighted by molar-refractivity contribution is 6.17. The Balaban J connectivity index is 0.972. The van der Waals surface area contributed by atoms with Crippen molar-refractivity contribution in [1.29, 1.82) is 0 Å². The van der Waals surface area contributed by atoms with Crippen LogP contribution in [0.25, 0.3) is 117 Å². The number of hydrogen-bond acceptors (Lipinski definition) is 5. The van der Waals surface area contributed by atoms with Crippen molar-refractivity contribution in [2.24, 2.45) is 0 Å². The van der Waals surface area contributed by atoms with Crippen molar-refractivity contribution < 1.29 is 8.83 Å². The summed E-state index contributed by atoms with van der Waals surface area (Å²) in [5.74, 6) is 1.82. The molecule has 266 valence electrons.